The number of rotatable bonds is 5. The lowest BCUT2D eigenvalue weighted by Gasteiger charge is -2.40. The van der Waals surface area contributed by atoms with Crippen LogP contribution >= 0.6 is 0 Å². The topological polar surface area (TPSA) is 50.8 Å². The molecule has 1 amide bonds. The SMILES string of the molecule is CC(C)(C)OC(=O)N1CC(NCCO[Si](C)(C)C(C)(C)C)C1. The molecule has 6 heteroatoms. The summed E-state index contributed by atoms with van der Waals surface area (Å²) in [6, 6.07) is 0.357. The van der Waals surface area contributed by atoms with Gasteiger partial charge in [-0.3, -0.25) is 0 Å². The summed E-state index contributed by atoms with van der Waals surface area (Å²) in [5.74, 6) is 0. The Morgan fingerprint density at radius 1 is 1.18 bits per heavy atom. The van der Waals surface area contributed by atoms with Crippen molar-refractivity contribution < 1.29 is 14.0 Å². The van der Waals surface area contributed by atoms with Crippen LogP contribution in [0, 0.1) is 0 Å². The van der Waals surface area contributed by atoms with Gasteiger partial charge in [0.05, 0.1) is 0 Å². The van der Waals surface area contributed by atoms with Crippen LogP contribution in [-0.2, 0) is 9.16 Å². The summed E-state index contributed by atoms with van der Waals surface area (Å²) in [5.41, 5.74) is -0.424. The monoisotopic (exact) mass is 330 g/mol. The van der Waals surface area contributed by atoms with Gasteiger partial charge in [0.1, 0.15) is 5.60 Å². The van der Waals surface area contributed by atoms with Gasteiger partial charge >= 0.3 is 6.09 Å². The van der Waals surface area contributed by atoms with Gasteiger partial charge in [0, 0.05) is 32.3 Å². The predicted molar refractivity (Wildman–Crippen MR) is 92.7 cm³/mol. The van der Waals surface area contributed by atoms with E-state index in [0.29, 0.717) is 6.04 Å². The number of ether oxygens (including phenoxy) is 1. The summed E-state index contributed by atoms with van der Waals surface area (Å²) in [4.78, 5) is 13.5. The van der Waals surface area contributed by atoms with E-state index in [4.69, 9.17) is 9.16 Å². The lowest BCUT2D eigenvalue weighted by Crippen LogP contribution is -2.61. The Hall–Kier alpha value is -0.593. The predicted octanol–water partition coefficient (Wildman–Crippen LogP) is 3.22. The number of nitrogens with zero attached hydrogens (tertiary/aromatic N) is 1. The Kier molecular flexibility index (Phi) is 6.09. The molecule has 0 radical (unpaired) electrons. The van der Waals surface area contributed by atoms with Gasteiger partial charge in [-0.15, -0.1) is 0 Å². The second-order valence-electron chi connectivity index (χ2n) is 8.65. The molecule has 1 aliphatic heterocycles. The fourth-order valence-electron chi connectivity index (χ4n) is 1.87. The van der Waals surface area contributed by atoms with Crippen molar-refractivity contribution in [2.75, 3.05) is 26.2 Å². The van der Waals surface area contributed by atoms with Crippen LogP contribution in [0.25, 0.3) is 0 Å². The minimum atomic E-state index is -1.65. The lowest BCUT2D eigenvalue weighted by atomic mass is 10.1. The van der Waals surface area contributed by atoms with Gasteiger partial charge in [0.15, 0.2) is 8.32 Å². The molecule has 130 valence electrons. The van der Waals surface area contributed by atoms with Crippen LogP contribution in [0.15, 0.2) is 0 Å². The molecule has 0 aliphatic carbocycles. The molecule has 1 rings (SSSR count). The number of carbonyl (C=O) groups excluding carboxylic acids is 1. The van der Waals surface area contributed by atoms with Crippen LogP contribution in [0.2, 0.25) is 18.1 Å². The van der Waals surface area contributed by atoms with E-state index in [1.54, 1.807) is 4.90 Å². The third-order valence-corrected chi connectivity index (χ3v) is 8.88. The van der Waals surface area contributed by atoms with E-state index >= 15 is 0 Å². The summed E-state index contributed by atoms with van der Waals surface area (Å²) in [6.07, 6.45) is -0.219. The quantitative estimate of drug-likeness (QED) is 0.621. The van der Waals surface area contributed by atoms with Gasteiger partial charge in [-0.1, -0.05) is 20.8 Å². The molecule has 1 aliphatic rings. The lowest BCUT2D eigenvalue weighted by molar-refractivity contribution is 0.00511. The summed E-state index contributed by atoms with van der Waals surface area (Å²) in [6.45, 7) is 19.9. The molecule has 0 atom stereocenters. The number of nitrogens with one attached hydrogen (secondary N) is 1. The van der Waals surface area contributed by atoms with Crippen LogP contribution in [0.4, 0.5) is 4.79 Å². The molecule has 0 bridgehead atoms. The van der Waals surface area contributed by atoms with Gasteiger partial charge in [-0.25, -0.2) is 4.79 Å². The normalized spacial score (nSPS) is 17.4. The van der Waals surface area contributed by atoms with Crippen molar-refractivity contribution in [2.24, 2.45) is 0 Å². The molecule has 0 spiro atoms. The second kappa shape index (κ2) is 6.89. The molecule has 0 aromatic rings. The highest BCUT2D eigenvalue weighted by Gasteiger charge is 2.37. The summed E-state index contributed by atoms with van der Waals surface area (Å²) >= 11 is 0. The average molecular weight is 331 g/mol. The van der Waals surface area contributed by atoms with E-state index in [1.807, 2.05) is 20.8 Å². The molecule has 1 fully saturated rings. The number of amides is 1. The third kappa shape index (κ3) is 5.89. The van der Waals surface area contributed by atoms with Crippen LogP contribution in [0.3, 0.4) is 0 Å². The first-order chi connectivity index (χ1) is 9.82. The fraction of sp³-hybridized carbons (Fsp3) is 0.938. The molecule has 5 nitrogen and oxygen atoms in total. The summed E-state index contributed by atoms with van der Waals surface area (Å²) in [5, 5.41) is 3.69. The second-order valence-corrected chi connectivity index (χ2v) is 13.5. The Bertz CT molecular complexity index is 380. The van der Waals surface area contributed by atoms with Gasteiger partial charge in [-0.2, -0.15) is 0 Å². The number of hydrogen-bond donors (Lipinski definition) is 1. The van der Waals surface area contributed by atoms with Crippen molar-refractivity contribution in [2.45, 2.75) is 71.3 Å². The number of likely N-dealkylation sites (tertiary alicyclic amines) is 1. The molecule has 1 saturated heterocycles. The minimum Gasteiger partial charge on any atom is -0.444 e. The molecule has 0 aromatic heterocycles. The van der Waals surface area contributed by atoms with Crippen LogP contribution in [-0.4, -0.2) is 57.2 Å². The maximum atomic E-state index is 11.8. The van der Waals surface area contributed by atoms with Crippen LogP contribution in [0.5, 0.6) is 0 Å². The van der Waals surface area contributed by atoms with Gasteiger partial charge in [-0.05, 0) is 38.9 Å². The molecule has 0 saturated carbocycles. The van der Waals surface area contributed by atoms with Crippen molar-refractivity contribution in [1.82, 2.24) is 10.2 Å². The van der Waals surface area contributed by atoms with E-state index in [1.165, 1.54) is 0 Å². The zero-order valence-electron chi connectivity index (χ0n) is 15.6. The zero-order chi connectivity index (χ0) is 17.2. The molecule has 1 heterocycles. The van der Waals surface area contributed by atoms with Crippen molar-refractivity contribution in [3.05, 3.63) is 0 Å². The Morgan fingerprint density at radius 2 is 1.73 bits per heavy atom. The van der Waals surface area contributed by atoms with E-state index in [2.05, 4.69) is 39.2 Å². The highest BCUT2D eigenvalue weighted by atomic mass is 28.4. The molecule has 22 heavy (non-hydrogen) atoms. The van der Waals surface area contributed by atoms with E-state index in [-0.39, 0.29) is 11.1 Å². The van der Waals surface area contributed by atoms with Crippen LogP contribution in [0.1, 0.15) is 41.5 Å². The molecular weight excluding hydrogens is 296 g/mol. The molecule has 1 N–H and O–H groups in total. The van der Waals surface area contributed by atoms with Crippen molar-refractivity contribution in [3.8, 4) is 0 Å². The van der Waals surface area contributed by atoms with Crippen molar-refractivity contribution in [1.29, 1.82) is 0 Å². The average Bonchev–Trinajstić information content (AvgIpc) is 2.21. The van der Waals surface area contributed by atoms with Gasteiger partial charge in [0.25, 0.3) is 0 Å². The summed E-state index contributed by atoms with van der Waals surface area (Å²) in [7, 11) is -1.65. The number of carbonyl (C=O) groups is 1. The Morgan fingerprint density at radius 3 is 2.18 bits per heavy atom. The van der Waals surface area contributed by atoms with Gasteiger partial charge < -0.3 is 19.4 Å². The standard InChI is InChI=1S/C16H34N2O3Si/c1-15(2,3)21-14(19)18-11-13(12-18)17-9-10-20-22(7,8)16(4,5)6/h13,17H,9-12H2,1-8H3. The highest BCUT2D eigenvalue weighted by Crippen LogP contribution is 2.36. The fourth-order valence-corrected chi connectivity index (χ4v) is 2.91. The number of hydrogen-bond acceptors (Lipinski definition) is 4. The highest BCUT2D eigenvalue weighted by molar-refractivity contribution is 6.74. The first kappa shape index (κ1) is 19.5. The zero-order valence-corrected chi connectivity index (χ0v) is 16.6. The van der Waals surface area contributed by atoms with Crippen molar-refractivity contribution in [3.63, 3.8) is 0 Å². The largest absolute Gasteiger partial charge is 0.444 e. The summed E-state index contributed by atoms with van der Waals surface area (Å²) < 4.78 is 11.5. The Balaban J connectivity index is 2.17. The third-order valence-electron chi connectivity index (χ3n) is 4.34. The molecule has 0 unspecified atom stereocenters. The van der Waals surface area contributed by atoms with Crippen LogP contribution < -0.4 is 5.32 Å². The maximum Gasteiger partial charge on any atom is 0.410 e. The first-order valence-corrected chi connectivity index (χ1v) is 11.1. The van der Waals surface area contributed by atoms with E-state index in [0.717, 1.165) is 26.2 Å². The van der Waals surface area contributed by atoms with E-state index in [9.17, 15) is 4.79 Å². The first-order valence-electron chi connectivity index (χ1n) is 8.17. The smallest absolute Gasteiger partial charge is 0.410 e. The molecular formula is C16H34N2O3Si. The van der Waals surface area contributed by atoms with Crippen molar-refractivity contribution >= 4 is 14.4 Å². The van der Waals surface area contributed by atoms with Gasteiger partial charge in [0.2, 0.25) is 0 Å². The van der Waals surface area contributed by atoms with E-state index < -0.39 is 13.9 Å². The Labute approximate surface area is 136 Å². The molecule has 0 aromatic carbocycles. The minimum absolute atomic E-state index is 0.219. The maximum absolute atomic E-state index is 11.8.